The van der Waals surface area contributed by atoms with Crippen LogP contribution in [-0.4, -0.2) is 30.3 Å². The van der Waals surface area contributed by atoms with Gasteiger partial charge < -0.3 is 24.8 Å². The molecule has 0 saturated carbocycles. The van der Waals surface area contributed by atoms with E-state index >= 15 is 0 Å². The SMILES string of the molecule is COc1ccc(Nc2cc(Nc3ccc4c(c3)OCCO4)ncn2)cc1. The largest absolute Gasteiger partial charge is 0.497 e. The smallest absolute Gasteiger partial charge is 0.163 e. The number of benzene rings is 2. The van der Waals surface area contributed by atoms with Gasteiger partial charge in [-0.25, -0.2) is 9.97 Å². The lowest BCUT2D eigenvalue weighted by Crippen LogP contribution is -2.15. The Balaban J connectivity index is 1.48. The second-order valence-electron chi connectivity index (χ2n) is 5.63. The number of hydrogen-bond donors (Lipinski definition) is 2. The molecule has 2 N–H and O–H groups in total. The molecule has 132 valence electrons. The standard InChI is InChI=1S/C19H18N4O3/c1-24-15-5-2-13(3-6-15)22-18-11-19(21-12-20-18)23-14-4-7-16-17(10-14)26-9-8-25-16/h2-7,10-12H,8-9H2,1H3,(H2,20,21,22,23). The predicted molar refractivity (Wildman–Crippen MR) is 99.0 cm³/mol. The van der Waals surface area contributed by atoms with E-state index in [0.29, 0.717) is 24.8 Å². The lowest BCUT2D eigenvalue weighted by Gasteiger charge is -2.19. The summed E-state index contributed by atoms with van der Waals surface area (Å²) in [4.78, 5) is 8.51. The monoisotopic (exact) mass is 350 g/mol. The first kappa shape index (κ1) is 16.0. The summed E-state index contributed by atoms with van der Waals surface area (Å²) in [5, 5.41) is 6.49. The quantitative estimate of drug-likeness (QED) is 0.726. The van der Waals surface area contributed by atoms with Crippen LogP contribution in [0.25, 0.3) is 0 Å². The van der Waals surface area contributed by atoms with E-state index in [1.54, 1.807) is 7.11 Å². The van der Waals surface area contributed by atoms with E-state index in [9.17, 15) is 0 Å². The Labute approximate surface area is 151 Å². The summed E-state index contributed by atoms with van der Waals surface area (Å²) in [5.74, 6) is 3.65. The molecule has 2 heterocycles. The lowest BCUT2D eigenvalue weighted by molar-refractivity contribution is 0.171. The average molecular weight is 350 g/mol. The summed E-state index contributed by atoms with van der Waals surface area (Å²) in [6, 6.07) is 15.2. The van der Waals surface area contributed by atoms with E-state index in [1.165, 1.54) is 6.33 Å². The van der Waals surface area contributed by atoms with Gasteiger partial charge in [0.1, 0.15) is 36.9 Å². The number of nitrogens with one attached hydrogen (secondary N) is 2. The molecule has 0 spiro atoms. The first-order valence-corrected chi connectivity index (χ1v) is 8.20. The van der Waals surface area contributed by atoms with E-state index in [0.717, 1.165) is 28.6 Å². The Bertz CT molecular complexity index is 900. The molecule has 0 radical (unpaired) electrons. The van der Waals surface area contributed by atoms with Gasteiger partial charge in [0, 0.05) is 23.5 Å². The van der Waals surface area contributed by atoms with Crippen molar-refractivity contribution in [2.75, 3.05) is 31.0 Å². The maximum Gasteiger partial charge on any atom is 0.163 e. The Morgan fingerprint density at radius 1 is 0.808 bits per heavy atom. The minimum Gasteiger partial charge on any atom is -0.497 e. The molecule has 1 aliphatic heterocycles. The molecule has 0 bridgehead atoms. The molecule has 7 heteroatoms. The molecular formula is C19H18N4O3. The van der Waals surface area contributed by atoms with E-state index in [4.69, 9.17) is 14.2 Å². The number of aromatic nitrogens is 2. The summed E-state index contributed by atoms with van der Waals surface area (Å²) in [6.07, 6.45) is 1.51. The van der Waals surface area contributed by atoms with Gasteiger partial charge in [-0.1, -0.05) is 0 Å². The van der Waals surface area contributed by atoms with Gasteiger partial charge in [0.2, 0.25) is 0 Å². The molecule has 7 nitrogen and oxygen atoms in total. The number of nitrogens with zero attached hydrogens (tertiary/aromatic N) is 2. The highest BCUT2D eigenvalue weighted by Crippen LogP contribution is 2.33. The molecule has 0 atom stereocenters. The lowest BCUT2D eigenvalue weighted by atomic mass is 10.2. The Hall–Kier alpha value is -3.48. The summed E-state index contributed by atoms with van der Waals surface area (Å²) in [6.45, 7) is 1.13. The molecule has 0 unspecified atom stereocenters. The fourth-order valence-electron chi connectivity index (χ4n) is 2.59. The summed E-state index contributed by atoms with van der Waals surface area (Å²) in [5.41, 5.74) is 1.78. The molecule has 2 aromatic carbocycles. The summed E-state index contributed by atoms with van der Waals surface area (Å²) in [7, 11) is 1.64. The molecule has 4 rings (SSSR count). The van der Waals surface area contributed by atoms with Crippen LogP contribution in [0.15, 0.2) is 54.9 Å². The Morgan fingerprint density at radius 2 is 1.46 bits per heavy atom. The van der Waals surface area contributed by atoms with Crippen LogP contribution in [0, 0.1) is 0 Å². The second-order valence-corrected chi connectivity index (χ2v) is 5.63. The minimum absolute atomic E-state index is 0.555. The fraction of sp³-hybridized carbons (Fsp3) is 0.158. The van der Waals surface area contributed by atoms with Crippen LogP contribution >= 0.6 is 0 Å². The van der Waals surface area contributed by atoms with Crippen LogP contribution in [0.2, 0.25) is 0 Å². The number of hydrogen-bond acceptors (Lipinski definition) is 7. The normalized spacial score (nSPS) is 12.3. The van der Waals surface area contributed by atoms with Crippen molar-refractivity contribution in [2.45, 2.75) is 0 Å². The van der Waals surface area contributed by atoms with Gasteiger partial charge in [-0.05, 0) is 36.4 Å². The molecule has 0 aliphatic carbocycles. The van der Waals surface area contributed by atoms with Crippen molar-refractivity contribution in [2.24, 2.45) is 0 Å². The fourth-order valence-corrected chi connectivity index (χ4v) is 2.59. The van der Waals surface area contributed by atoms with Gasteiger partial charge in [-0.2, -0.15) is 0 Å². The van der Waals surface area contributed by atoms with Crippen molar-refractivity contribution in [1.29, 1.82) is 0 Å². The third-order valence-electron chi connectivity index (χ3n) is 3.84. The zero-order valence-electron chi connectivity index (χ0n) is 14.2. The number of anilines is 4. The molecular weight excluding hydrogens is 332 g/mol. The third kappa shape index (κ3) is 3.61. The van der Waals surface area contributed by atoms with Crippen molar-refractivity contribution in [1.82, 2.24) is 9.97 Å². The van der Waals surface area contributed by atoms with Crippen molar-refractivity contribution >= 4 is 23.0 Å². The zero-order chi connectivity index (χ0) is 17.8. The highest BCUT2D eigenvalue weighted by molar-refractivity contribution is 5.65. The van der Waals surface area contributed by atoms with Crippen LogP contribution in [0.4, 0.5) is 23.0 Å². The van der Waals surface area contributed by atoms with E-state index in [-0.39, 0.29) is 0 Å². The van der Waals surface area contributed by atoms with Gasteiger partial charge in [0.25, 0.3) is 0 Å². The number of rotatable bonds is 5. The van der Waals surface area contributed by atoms with E-state index in [1.807, 2.05) is 48.5 Å². The maximum absolute atomic E-state index is 5.60. The highest BCUT2D eigenvalue weighted by Gasteiger charge is 2.12. The summed E-state index contributed by atoms with van der Waals surface area (Å²) >= 11 is 0. The number of ether oxygens (including phenoxy) is 3. The molecule has 3 aromatic rings. The van der Waals surface area contributed by atoms with Gasteiger partial charge in [-0.15, -0.1) is 0 Å². The maximum atomic E-state index is 5.60. The topological polar surface area (TPSA) is 77.5 Å². The van der Waals surface area contributed by atoms with Crippen LogP contribution in [0.1, 0.15) is 0 Å². The van der Waals surface area contributed by atoms with Crippen LogP contribution < -0.4 is 24.8 Å². The van der Waals surface area contributed by atoms with Crippen LogP contribution in [0.3, 0.4) is 0 Å². The van der Waals surface area contributed by atoms with Crippen molar-refractivity contribution in [3.63, 3.8) is 0 Å². The average Bonchev–Trinajstić information content (AvgIpc) is 2.69. The van der Waals surface area contributed by atoms with Gasteiger partial charge >= 0.3 is 0 Å². The molecule has 1 aromatic heterocycles. The van der Waals surface area contributed by atoms with Gasteiger partial charge in [-0.3, -0.25) is 0 Å². The number of fused-ring (bicyclic) bond motifs is 1. The Kier molecular flexibility index (Phi) is 4.42. The Morgan fingerprint density at radius 3 is 2.19 bits per heavy atom. The first-order chi connectivity index (χ1) is 12.8. The van der Waals surface area contributed by atoms with Crippen LogP contribution in [-0.2, 0) is 0 Å². The highest BCUT2D eigenvalue weighted by atomic mass is 16.6. The first-order valence-electron chi connectivity index (χ1n) is 8.20. The predicted octanol–water partition coefficient (Wildman–Crippen LogP) is 3.74. The molecule has 0 amide bonds. The van der Waals surface area contributed by atoms with Gasteiger partial charge in [0.15, 0.2) is 11.5 Å². The second kappa shape index (κ2) is 7.18. The van der Waals surface area contributed by atoms with Gasteiger partial charge in [0.05, 0.1) is 7.11 Å². The molecule has 0 fully saturated rings. The minimum atomic E-state index is 0.555. The zero-order valence-corrected chi connectivity index (χ0v) is 14.2. The number of methoxy groups -OCH3 is 1. The van der Waals surface area contributed by atoms with Crippen LogP contribution in [0.5, 0.6) is 17.2 Å². The molecule has 1 aliphatic rings. The molecule has 0 saturated heterocycles. The van der Waals surface area contributed by atoms with Crippen molar-refractivity contribution in [3.05, 3.63) is 54.9 Å². The van der Waals surface area contributed by atoms with Crippen molar-refractivity contribution in [3.8, 4) is 17.2 Å². The summed E-state index contributed by atoms with van der Waals surface area (Å²) < 4.78 is 16.3. The third-order valence-corrected chi connectivity index (χ3v) is 3.84. The van der Waals surface area contributed by atoms with E-state index < -0.39 is 0 Å². The van der Waals surface area contributed by atoms with E-state index in [2.05, 4.69) is 20.6 Å². The van der Waals surface area contributed by atoms with Crippen molar-refractivity contribution < 1.29 is 14.2 Å². The molecule has 26 heavy (non-hydrogen) atoms.